The third kappa shape index (κ3) is 17.6. The summed E-state index contributed by atoms with van der Waals surface area (Å²) in [5.74, 6) is 0.703. The highest BCUT2D eigenvalue weighted by atomic mass is 32.2. The van der Waals surface area contributed by atoms with Crippen LogP contribution in [0.3, 0.4) is 0 Å². The number of hydrogen-bond acceptors (Lipinski definition) is 15. The fourth-order valence-electron chi connectivity index (χ4n) is 8.88. The highest BCUT2D eigenvalue weighted by molar-refractivity contribution is 7.99. The van der Waals surface area contributed by atoms with Crippen LogP contribution in [0.5, 0.6) is 0 Å². The zero-order valence-corrected chi connectivity index (χ0v) is 41.2. The standard InChI is InChI=1S/C53H68N6O11S/c60-50(17-18-51(61)59-35-42-9-2-1-7-40(42)15-16-41-8-3-4-14-47(41)59)54-19-24-66-31-32-71-38-39-33-48-49(34-39)70-28-23-58(37-44-11-6-13-46(56-44)53(64)65)21-26-68-30-29-67-25-20-57(22-27-69-48)36-43-10-5-12-45(55-43)52(62)63/h1-16,39,48-49,52,62-63H,17-38H2,(H,54,60)(H,64,65)/b16-15-. The Morgan fingerprint density at radius 1 is 0.718 bits per heavy atom. The number of carbonyl (C=O) groups is 3. The first-order chi connectivity index (χ1) is 34.7. The van der Waals surface area contributed by atoms with Gasteiger partial charge in [0, 0.05) is 64.4 Å². The third-order valence-corrected chi connectivity index (χ3v) is 13.8. The minimum absolute atomic E-state index is 0.00346. The molecular formula is C53H68N6O11S. The largest absolute Gasteiger partial charge is 0.477 e. The van der Waals surface area contributed by atoms with Gasteiger partial charge in [0.25, 0.3) is 0 Å². The van der Waals surface area contributed by atoms with Gasteiger partial charge in [0.05, 0.1) is 94.4 Å². The molecule has 4 N–H and O–H groups in total. The number of aliphatic hydroxyl groups excluding tert-OH is 1. The minimum Gasteiger partial charge on any atom is -0.477 e. The van der Waals surface area contributed by atoms with Gasteiger partial charge in [0.1, 0.15) is 5.69 Å². The monoisotopic (exact) mass is 996 g/mol. The Hall–Kier alpha value is -5.12. The third-order valence-electron chi connectivity index (χ3n) is 12.6. The quantitative estimate of drug-likeness (QED) is 0.0807. The van der Waals surface area contributed by atoms with Crippen molar-refractivity contribution in [3.05, 3.63) is 124 Å². The number of ether oxygens (including phenoxy) is 5. The number of carboxylic acids is 1. The molecule has 2 aromatic heterocycles. The normalized spacial score (nSPS) is 20.4. The summed E-state index contributed by atoms with van der Waals surface area (Å²) in [5, 5.41) is 31.8. The van der Waals surface area contributed by atoms with Crippen LogP contribution < -0.4 is 10.2 Å². The van der Waals surface area contributed by atoms with Gasteiger partial charge in [-0.15, -0.1) is 0 Å². The van der Waals surface area contributed by atoms with Gasteiger partial charge in [-0.25, -0.2) is 9.78 Å². The zero-order chi connectivity index (χ0) is 49.6. The summed E-state index contributed by atoms with van der Waals surface area (Å²) in [5.41, 5.74) is 5.47. The van der Waals surface area contributed by atoms with Gasteiger partial charge in [0.2, 0.25) is 11.8 Å². The number of aromatic carboxylic acids is 1. The van der Waals surface area contributed by atoms with Gasteiger partial charge in [0.15, 0.2) is 6.29 Å². The maximum atomic E-state index is 13.6. The van der Waals surface area contributed by atoms with Crippen molar-refractivity contribution < 1.29 is 53.4 Å². The van der Waals surface area contributed by atoms with Crippen molar-refractivity contribution in [1.82, 2.24) is 25.1 Å². The van der Waals surface area contributed by atoms with E-state index >= 15 is 0 Å². The Labute approximate surface area is 420 Å². The molecule has 1 aliphatic carbocycles. The SMILES string of the molecule is O=C(CCC(=O)N1Cc2ccccc2/C=C\c2ccccc21)NCCOCCSCC1CC2OCCN(Cc3cccc(C(=O)O)n3)CCOCCOCCN(Cc3cccc(C(O)O)n3)CCOC2C1. The van der Waals surface area contributed by atoms with Crippen LogP contribution in [0.1, 0.15) is 76.2 Å². The number of nitrogens with one attached hydrogen (secondary N) is 1. The molecule has 18 heteroatoms. The molecule has 3 unspecified atom stereocenters. The average molecular weight is 997 g/mol. The molecule has 2 aromatic carbocycles. The Morgan fingerprint density at radius 3 is 2.06 bits per heavy atom. The summed E-state index contributed by atoms with van der Waals surface area (Å²) in [4.78, 5) is 52.9. The van der Waals surface area contributed by atoms with E-state index < -0.39 is 12.3 Å². The maximum absolute atomic E-state index is 13.6. The smallest absolute Gasteiger partial charge is 0.354 e. The zero-order valence-electron chi connectivity index (χ0n) is 40.4. The van der Waals surface area contributed by atoms with Crippen LogP contribution in [0, 0.1) is 5.92 Å². The minimum atomic E-state index is -1.65. The second-order valence-corrected chi connectivity index (χ2v) is 18.9. The van der Waals surface area contributed by atoms with E-state index in [1.165, 1.54) is 6.07 Å². The molecule has 0 spiro atoms. The number of nitrogens with zero attached hydrogens (tertiary/aromatic N) is 5. The van der Waals surface area contributed by atoms with Crippen LogP contribution in [0.15, 0.2) is 84.9 Å². The van der Waals surface area contributed by atoms with Crippen molar-refractivity contribution in [3.63, 3.8) is 0 Å². The summed E-state index contributed by atoms with van der Waals surface area (Å²) >= 11 is 1.82. The van der Waals surface area contributed by atoms with Crippen LogP contribution in [0.2, 0.25) is 0 Å². The molecule has 2 amide bonds. The molecule has 1 saturated heterocycles. The number of aliphatic hydroxyl groups is 2. The summed E-state index contributed by atoms with van der Waals surface area (Å²) in [6.45, 7) is 7.64. The molecule has 7 rings (SSSR count). The van der Waals surface area contributed by atoms with Gasteiger partial charge in [-0.1, -0.05) is 66.7 Å². The van der Waals surface area contributed by atoms with E-state index in [-0.39, 0.29) is 48.3 Å². The van der Waals surface area contributed by atoms with E-state index in [9.17, 15) is 29.7 Å². The number of aromatic nitrogens is 2. The topological polar surface area (TPSA) is 206 Å². The first-order valence-electron chi connectivity index (χ1n) is 24.6. The molecule has 2 fully saturated rings. The van der Waals surface area contributed by atoms with Crippen LogP contribution in [0.4, 0.5) is 5.69 Å². The first kappa shape index (κ1) is 53.7. The molecular weight excluding hydrogens is 929 g/mol. The van der Waals surface area contributed by atoms with E-state index in [0.29, 0.717) is 123 Å². The van der Waals surface area contributed by atoms with Crippen molar-refractivity contribution in [2.45, 2.75) is 63.8 Å². The lowest BCUT2D eigenvalue weighted by Crippen LogP contribution is -2.36. The maximum Gasteiger partial charge on any atom is 0.354 e. The molecule has 1 saturated carbocycles. The van der Waals surface area contributed by atoms with Crippen LogP contribution >= 0.6 is 11.8 Å². The van der Waals surface area contributed by atoms with E-state index in [0.717, 1.165) is 46.7 Å². The molecule has 4 aromatic rings. The van der Waals surface area contributed by atoms with Gasteiger partial charge in [-0.2, -0.15) is 11.8 Å². The van der Waals surface area contributed by atoms with Gasteiger partial charge in [-0.3, -0.25) is 24.4 Å². The highest BCUT2D eigenvalue weighted by Gasteiger charge is 2.36. The van der Waals surface area contributed by atoms with Crippen molar-refractivity contribution in [2.75, 3.05) is 102 Å². The number of anilines is 1. The number of para-hydroxylation sites is 1. The Balaban J connectivity index is 0.857. The molecule has 0 bridgehead atoms. The number of thioether (sulfide) groups is 1. The van der Waals surface area contributed by atoms with Crippen molar-refractivity contribution in [3.8, 4) is 0 Å². The average Bonchev–Trinajstić information content (AvgIpc) is 3.75. The summed E-state index contributed by atoms with van der Waals surface area (Å²) in [6.07, 6.45) is 4.07. The Morgan fingerprint density at radius 2 is 1.35 bits per heavy atom. The number of fused-ring (bicyclic) bond motifs is 3. The number of amides is 2. The number of carboxylic acid groups (broad SMARTS) is 1. The Kier molecular flexibility index (Phi) is 21.8. The molecule has 2 aliphatic heterocycles. The van der Waals surface area contributed by atoms with Gasteiger partial charge < -0.3 is 49.2 Å². The van der Waals surface area contributed by atoms with E-state index in [1.807, 2.05) is 78.5 Å². The van der Waals surface area contributed by atoms with Gasteiger partial charge >= 0.3 is 5.97 Å². The van der Waals surface area contributed by atoms with E-state index in [4.69, 9.17) is 23.7 Å². The number of rotatable bonds is 17. The van der Waals surface area contributed by atoms with Crippen LogP contribution in [0.25, 0.3) is 12.2 Å². The molecule has 71 heavy (non-hydrogen) atoms. The van der Waals surface area contributed by atoms with Crippen molar-refractivity contribution >= 4 is 47.4 Å². The fourth-order valence-corrected chi connectivity index (χ4v) is 9.89. The number of hydrogen-bond donors (Lipinski definition) is 4. The summed E-state index contributed by atoms with van der Waals surface area (Å²) < 4.78 is 31.0. The van der Waals surface area contributed by atoms with Crippen LogP contribution in [-0.4, -0.2) is 162 Å². The molecule has 3 atom stereocenters. The van der Waals surface area contributed by atoms with E-state index in [1.54, 1.807) is 23.1 Å². The molecule has 3 aliphatic rings. The predicted molar refractivity (Wildman–Crippen MR) is 270 cm³/mol. The second kappa shape index (κ2) is 28.8. The van der Waals surface area contributed by atoms with Crippen molar-refractivity contribution in [2.24, 2.45) is 5.92 Å². The molecule has 4 heterocycles. The lowest BCUT2D eigenvalue weighted by atomic mass is 10.0. The lowest BCUT2D eigenvalue weighted by molar-refractivity contribution is -0.125. The highest BCUT2D eigenvalue weighted by Crippen LogP contribution is 2.33. The second-order valence-electron chi connectivity index (χ2n) is 17.8. The number of benzene rings is 2. The Bertz CT molecular complexity index is 2340. The van der Waals surface area contributed by atoms with Crippen molar-refractivity contribution in [1.29, 1.82) is 0 Å². The fraction of sp³-hybridized carbons (Fsp3) is 0.491. The number of pyridine rings is 2. The number of carbonyl (C=O) groups excluding carboxylic acids is 2. The lowest BCUT2D eigenvalue weighted by Gasteiger charge is -2.27. The van der Waals surface area contributed by atoms with Crippen LogP contribution in [-0.2, 0) is 52.9 Å². The van der Waals surface area contributed by atoms with Gasteiger partial charge in [-0.05, 0) is 71.5 Å². The summed E-state index contributed by atoms with van der Waals surface area (Å²) in [7, 11) is 0. The predicted octanol–water partition coefficient (Wildman–Crippen LogP) is 5.05. The van der Waals surface area contributed by atoms with E-state index in [2.05, 4.69) is 31.2 Å². The molecule has 17 nitrogen and oxygen atoms in total. The summed E-state index contributed by atoms with van der Waals surface area (Å²) in [6, 6.07) is 26.1. The molecule has 0 radical (unpaired) electrons. The molecule has 382 valence electrons. The first-order valence-corrected chi connectivity index (χ1v) is 25.8.